The van der Waals surface area contributed by atoms with Crippen molar-refractivity contribution in [1.29, 1.82) is 0 Å². The molecule has 0 amide bonds. The Bertz CT molecular complexity index is 157. The zero-order chi connectivity index (χ0) is 9.26. The highest BCUT2D eigenvalue weighted by molar-refractivity contribution is 9.09. The fourth-order valence-electron chi connectivity index (χ4n) is 2.97. The van der Waals surface area contributed by atoms with Gasteiger partial charge in [0, 0.05) is 25.0 Å². The molecule has 2 fully saturated rings. The van der Waals surface area contributed by atoms with Crippen molar-refractivity contribution in [1.82, 2.24) is 4.90 Å². The third-order valence-corrected chi connectivity index (χ3v) is 4.74. The molecule has 76 valence electrons. The molecule has 1 aliphatic heterocycles. The Morgan fingerprint density at radius 2 is 1.92 bits per heavy atom. The molecule has 3 unspecified atom stereocenters. The third-order valence-electron chi connectivity index (χ3n) is 3.64. The quantitative estimate of drug-likeness (QED) is 0.692. The van der Waals surface area contributed by atoms with Gasteiger partial charge in [-0.2, -0.15) is 0 Å². The number of halogens is 1. The average molecular weight is 246 g/mol. The van der Waals surface area contributed by atoms with Gasteiger partial charge in [-0.1, -0.05) is 29.3 Å². The minimum absolute atomic E-state index is 0.818. The fraction of sp³-hybridized carbons (Fsp3) is 1.00. The summed E-state index contributed by atoms with van der Waals surface area (Å²) in [6.45, 7) is 6.42. The standard InChI is InChI=1S/C11H20BrN/c1-9(5-12)6-13-7-10-3-2-4-11(10)8-13/h9-11H,2-8H2,1H3. The second kappa shape index (κ2) is 4.31. The van der Waals surface area contributed by atoms with Crippen molar-refractivity contribution in [3.63, 3.8) is 0 Å². The summed E-state index contributed by atoms with van der Waals surface area (Å²) in [5.41, 5.74) is 0. The van der Waals surface area contributed by atoms with Gasteiger partial charge in [-0.25, -0.2) is 0 Å². The molecule has 1 saturated heterocycles. The smallest absolute Gasteiger partial charge is 0.00692 e. The summed E-state index contributed by atoms with van der Waals surface area (Å²) >= 11 is 3.56. The third kappa shape index (κ3) is 2.27. The van der Waals surface area contributed by atoms with Crippen LogP contribution in [0.3, 0.4) is 0 Å². The van der Waals surface area contributed by atoms with E-state index in [4.69, 9.17) is 0 Å². The monoisotopic (exact) mass is 245 g/mol. The number of nitrogens with zero attached hydrogens (tertiary/aromatic N) is 1. The molecule has 13 heavy (non-hydrogen) atoms. The number of hydrogen-bond acceptors (Lipinski definition) is 1. The first-order valence-corrected chi connectivity index (χ1v) is 6.70. The van der Waals surface area contributed by atoms with E-state index in [0.29, 0.717) is 0 Å². The number of likely N-dealkylation sites (tertiary alicyclic amines) is 1. The van der Waals surface area contributed by atoms with Crippen molar-refractivity contribution in [2.45, 2.75) is 26.2 Å². The van der Waals surface area contributed by atoms with E-state index in [1.54, 1.807) is 0 Å². The molecule has 2 aliphatic rings. The summed E-state index contributed by atoms with van der Waals surface area (Å²) in [4.78, 5) is 2.68. The largest absolute Gasteiger partial charge is 0.302 e. The van der Waals surface area contributed by atoms with Crippen LogP contribution in [0.25, 0.3) is 0 Å². The Hall–Kier alpha value is 0.440. The van der Waals surface area contributed by atoms with Crippen LogP contribution in [0.5, 0.6) is 0 Å². The molecular weight excluding hydrogens is 226 g/mol. The number of rotatable bonds is 3. The topological polar surface area (TPSA) is 3.24 Å². The lowest BCUT2D eigenvalue weighted by molar-refractivity contribution is 0.279. The summed E-state index contributed by atoms with van der Waals surface area (Å²) in [7, 11) is 0. The molecule has 1 heterocycles. The van der Waals surface area contributed by atoms with Gasteiger partial charge in [-0.15, -0.1) is 0 Å². The number of hydrogen-bond donors (Lipinski definition) is 0. The van der Waals surface area contributed by atoms with Gasteiger partial charge in [0.1, 0.15) is 0 Å². The Labute approximate surface area is 90.0 Å². The minimum Gasteiger partial charge on any atom is -0.302 e. The molecule has 2 rings (SSSR count). The predicted molar refractivity (Wildman–Crippen MR) is 60.2 cm³/mol. The zero-order valence-corrected chi connectivity index (χ0v) is 10.1. The highest BCUT2D eigenvalue weighted by Crippen LogP contribution is 2.37. The number of alkyl halides is 1. The van der Waals surface area contributed by atoms with Crippen LogP contribution in [-0.2, 0) is 0 Å². The van der Waals surface area contributed by atoms with E-state index < -0.39 is 0 Å². The van der Waals surface area contributed by atoms with Crippen LogP contribution < -0.4 is 0 Å². The van der Waals surface area contributed by atoms with Gasteiger partial charge in [0.15, 0.2) is 0 Å². The first kappa shape index (κ1) is 9.97. The SMILES string of the molecule is CC(CBr)CN1CC2CCCC2C1. The molecule has 0 N–H and O–H groups in total. The van der Waals surface area contributed by atoms with Gasteiger partial charge in [0.2, 0.25) is 0 Å². The Balaban J connectivity index is 1.78. The van der Waals surface area contributed by atoms with Crippen molar-refractivity contribution >= 4 is 15.9 Å². The van der Waals surface area contributed by atoms with Gasteiger partial charge < -0.3 is 4.90 Å². The van der Waals surface area contributed by atoms with Crippen LogP contribution in [-0.4, -0.2) is 29.9 Å². The summed E-state index contributed by atoms with van der Waals surface area (Å²) in [5.74, 6) is 2.93. The van der Waals surface area contributed by atoms with Crippen molar-refractivity contribution in [3.05, 3.63) is 0 Å². The van der Waals surface area contributed by atoms with E-state index in [0.717, 1.165) is 23.1 Å². The molecule has 0 aromatic heterocycles. The van der Waals surface area contributed by atoms with Crippen molar-refractivity contribution in [3.8, 4) is 0 Å². The van der Waals surface area contributed by atoms with Crippen LogP contribution in [0.4, 0.5) is 0 Å². The first-order chi connectivity index (χ1) is 6.29. The molecule has 0 aromatic carbocycles. The van der Waals surface area contributed by atoms with Crippen molar-refractivity contribution in [2.75, 3.05) is 25.0 Å². The normalized spacial score (nSPS) is 36.5. The zero-order valence-electron chi connectivity index (χ0n) is 8.51. The molecule has 0 spiro atoms. The maximum Gasteiger partial charge on any atom is 0.00692 e. The summed E-state index contributed by atoms with van der Waals surface area (Å²) in [5, 5.41) is 1.15. The highest BCUT2D eigenvalue weighted by atomic mass is 79.9. The molecule has 1 aliphatic carbocycles. The van der Waals surface area contributed by atoms with Gasteiger partial charge >= 0.3 is 0 Å². The Morgan fingerprint density at radius 1 is 1.31 bits per heavy atom. The summed E-state index contributed by atoms with van der Waals surface area (Å²) in [6, 6.07) is 0. The van der Waals surface area contributed by atoms with Crippen LogP contribution in [0.1, 0.15) is 26.2 Å². The lowest BCUT2D eigenvalue weighted by Crippen LogP contribution is -2.27. The van der Waals surface area contributed by atoms with Crippen LogP contribution >= 0.6 is 15.9 Å². The van der Waals surface area contributed by atoms with E-state index in [2.05, 4.69) is 27.8 Å². The second-order valence-corrected chi connectivity index (χ2v) is 5.58. The molecule has 0 radical (unpaired) electrons. The Kier molecular flexibility index (Phi) is 3.31. The van der Waals surface area contributed by atoms with Crippen LogP contribution in [0.2, 0.25) is 0 Å². The van der Waals surface area contributed by atoms with E-state index in [1.165, 1.54) is 38.9 Å². The summed E-state index contributed by atoms with van der Waals surface area (Å²) < 4.78 is 0. The van der Waals surface area contributed by atoms with E-state index >= 15 is 0 Å². The molecular formula is C11H20BrN. The van der Waals surface area contributed by atoms with E-state index in [-0.39, 0.29) is 0 Å². The van der Waals surface area contributed by atoms with Gasteiger partial charge in [-0.3, -0.25) is 0 Å². The van der Waals surface area contributed by atoms with E-state index in [1.807, 2.05) is 0 Å². The predicted octanol–water partition coefficient (Wildman–Crippen LogP) is 2.75. The highest BCUT2D eigenvalue weighted by Gasteiger charge is 2.35. The Morgan fingerprint density at radius 3 is 2.46 bits per heavy atom. The van der Waals surface area contributed by atoms with Crippen molar-refractivity contribution in [2.24, 2.45) is 17.8 Å². The van der Waals surface area contributed by atoms with E-state index in [9.17, 15) is 0 Å². The molecule has 2 heteroatoms. The fourth-order valence-corrected chi connectivity index (χ4v) is 3.18. The average Bonchev–Trinajstić information content (AvgIpc) is 2.63. The molecule has 0 bridgehead atoms. The lowest BCUT2D eigenvalue weighted by Gasteiger charge is -2.19. The maximum absolute atomic E-state index is 3.56. The van der Waals surface area contributed by atoms with Gasteiger partial charge in [0.05, 0.1) is 0 Å². The second-order valence-electron chi connectivity index (χ2n) is 4.93. The molecule has 3 atom stereocenters. The minimum atomic E-state index is 0.818. The lowest BCUT2D eigenvalue weighted by atomic mass is 10.0. The van der Waals surface area contributed by atoms with Crippen LogP contribution in [0, 0.1) is 17.8 Å². The van der Waals surface area contributed by atoms with Gasteiger partial charge in [-0.05, 0) is 30.6 Å². The molecule has 1 nitrogen and oxygen atoms in total. The molecule has 0 aromatic rings. The first-order valence-electron chi connectivity index (χ1n) is 5.58. The van der Waals surface area contributed by atoms with Crippen molar-refractivity contribution < 1.29 is 0 Å². The van der Waals surface area contributed by atoms with Crippen LogP contribution in [0.15, 0.2) is 0 Å². The number of fused-ring (bicyclic) bond motifs is 1. The molecule has 1 saturated carbocycles. The summed E-state index contributed by atoms with van der Waals surface area (Å²) in [6.07, 6.45) is 4.50. The maximum atomic E-state index is 3.56. The van der Waals surface area contributed by atoms with Gasteiger partial charge in [0.25, 0.3) is 0 Å².